The molecule has 0 unspecified atom stereocenters. The summed E-state index contributed by atoms with van der Waals surface area (Å²) in [5.41, 5.74) is 3.99. The number of hydrogen-bond donors (Lipinski definition) is 1. The van der Waals surface area contributed by atoms with E-state index < -0.39 is 19.0 Å². The van der Waals surface area contributed by atoms with Crippen molar-refractivity contribution in [3.05, 3.63) is 108 Å². The number of hydrogen-bond acceptors (Lipinski definition) is 3. The van der Waals surface area contributed by atoms with Gasteiger partial charge in [0.15, 0.2) is 0 Å². The number of alkyl halides is 4. The van der Waals surface area contributed by atoms with Crippen LogP contribution < -0.4 is 5.32 Å². The summed E-state index contributed by atoms with van der Waals surface area (Å²) in [6.45, 7) is -1.54. The summed E-state index contributed by atoms with van der Waals surface area (Å²) in [5, 5.41) is 7.58. The summed E-state index contributed by atoms with van der Waals surface area (Å²) < 4.78 is 57.1. The minimum absolute atomic E-state index is 0.192. The highest BCUT2D eigenvalue weighted by molar-refractivity contribution is 5.94. The Balaban J connectivity index is 1.46. The summed E-state index contributed by atoms with van der Waals surface area (Å²) in [5.74, 6) is -4.61. The van der Waals surface area contributed by atoms with E-state index in [0.29, 0.717) is 5.56 Å². The topological polar surface area (TPSA) is 56.2 Å². The molecule has 5 nitrogen and oxygen atoms in total. The first-order valence-corrected chi connectivity index (χ1v) is 11.1. The second kappa shape index (κ2) is 11.2. The van der Waals surface area contributed by atoms with E-state index in [-0.39, 0.29) is 24.6 Å². The number of rotatable bonds is 10. The van der Waals surface area contributed by atoms with Gasteiger partial charge in [-0.05, 0) is 29.8 Å². The van der Waals surface area contributed by atoms with Gasteiger partial charge in [0.05, 0.1) is 18.0 Å². The van der Waals surface area contributed by atoms with Gasteiger partial charge < -0.3 is 10.1 Å². The van der Waals surface area contributed by atoms with Crippen molar-refractivity contribution in [3.8, 4) is 16.9 Å². The molecular weight excluding hydrogens is 474 g/mol. The van der Waals surface area contributed by atoms with Gasteiger partial charge in [0.1, 0.15) is 6.61 Å². The van der Waals surface area contributed by atoms with E-state index in [0.717, 1.165) is 22.5 Å². The lowest BCUT2D eigenvalue weighted by Crippen LogP contribution is -2.32. The maximum atomic E-state index is 13.0. The molecule has 0 atom stereocenters. The maximum Gasteiger partial charge on any atom is 0.330 e. The summed E-state index contributed by atoms with van der Waals surface area (Å²) in [7, 11) is 0. The molecule has 36 heavy (non-hydrogen) atoms. The van der Waals surface area contributed by atoms with Crippen LogP contribution >= 0.6 is 0 Å². The summed E-state index contributed by atoms with van der Waals surface area (Å²) >= 11 is 0. The van der Waals surface area contributed by atoms with Crippen LogP contribution in [0.4, 0.5) is 17.6 Å². The molecule has 0 spiro atoms. The molecule has 0 fully saturated rings. The number of carbonyl (C=O) groups excluding carboxylic acids is 1. The number of benzene rings is 3. The molecule has 0 saturated heterocycles. The molecule has 3 aromatic carbocycles. The highest BCUT2D eigenvalue weighted by Crippen LogP contribution is 2.25. The largest absolute Gasteiger partial charge is 0.370 e. The zero-order valence-electron chi connectivity index (χ0n) is 19.1. The minimum Gasteiger partial charge on any atom is -0.370 e. The summed E-state index contributed by atoms with van der Waals surface area (Å²) in [6.07, 6.45) is -1.95. The van der Waals surface area contributed by atoms with Crippen molar-refractivity contribution in [1.82, 2.24) is 15.1 Å². The number of carbonyl (C=O) groups is 1. The molecule has 186 valence electrons. The third-order valence-electron chi connectivity index (χ3n) is 5.37. The maximum absolute atomic E-state index is 13.0. The van der Waals surface area contributed by atoms with Crippen LogP contribution in [0.25, 0.3) is 16.9 Å². The van der Waals surface area contributed by atoms with Crippen LogP contribution in [-0.2, 0) is 17.9 Å². The molecule has 1 amide bonds. The Kier molecular flexibility index (Phi) is 7.80. The van der Waals surface area contributed by atoms with E-state index in [2.05, 4.69) is 5.32 Å². The SMILES string of the molecule is O=C(NCc1cn(-c2ccccc2)nc1-c1ccccc1)c1cccc(COCC(F)(F)C(F)F)c1. The van der Waals surface area contributed by atoms with E-state index in [4.69, 9.17) is 9.84 Å². The van der Waals surface area contributed by atoms with Crippen molar-refractivity contribution in [2.24, 2.45) is 0 Å². The van der Waals surface area contributed by atoms with E-state index in [1.807, 2.05) is 66.9 Å². The highest BCUT2D eigenvalue weighted by Gasteiger charge is 2.40. The van der Waals surface area contributed by atoms with Crippen LogP contribution in [0.2, 0.25) is 0 Å². The minimum atomic E-state index is -4.23. The van der Waals surface area contributed by atoms with Gasteiger partial charge in [-0.25, -0.2) is 13.5 Å². The third kappa shape index (κ3) is 6.17. The van der Waals surface area contributed by atoms with Gasteiger partial charge in [0.2, 0.25) is 0 Å². The zero-order valence-corrected chi connectivity index (χ0v) is 19.1. The molecule has 0 bridgehead atoms. The normalized spacial score (nSPS) is 11.6. The fraction of sp³-hybridized carbons (Fsp3) is 0.185. The molecular formula is C27H23F4N3O2. The average molecular weight is 497 g/mol. The van der Waals surface area contributed by atoms with Crippen molar-refractivity contribution < 1.29 is 27.1 Å². The van der Waals surface area contributed by atoms with Crippen molar-refractivity contribution in [3.63, 3.8) is 0 Å². The van der Waals surface area contributed by atoms with Crippen molar-refractivity contribution in [2.45, 2.75) is 25.5 Å². The van der Waals surface area contributed by atoms with Crippen molar-refractivity contribution >= 4 is 5.91 Å². The van der Waals surface area contributed by atoms with Crippen LogP contribution in [0.5, 0.6) is 0 Å². The molecule has 0 aliphatic carbocycles. The summed E-state index contributed by atoms with van der Waals surface area (Å²) in [4.78, 5) is 12.8. The lowest BCUT2D eigenvalue weighted by Gasteiger charge is -2.15. The van der Waals surface area contributed by atoms with Gasteiger partial charge in [-0.15, -0.1) is 0 Å². The smallest absolute Gasteiger partial charge is 0.330 e. The number of nitrogens with zero attached hydrogens (tertiary/aromatic N) is 2. The highest BCUT2D eigenvalue weighted by atomic mass is 19.3. The molecule has 1 aromatic heterocycles. The Labute approximate surface area is 205 Å². The number of aromatic nitrogens is 2. The molecule has 1 heterocycles. The van der Waals surface area contributed by atoms with Crippen LogP contribution in [0, 0.1) is 0 Å². The van der Waals surface area contributed by atoms with Gasteiger partial charge in [-0.2, -0.15) is 13.9 Å². The third-order valence-corrected chi connectivity index (χ3v) is 5.37. The Hall–Kier alpha value is -3.98. The molecule has 0 aliphatic rings. The lowest BCUT2D eigenvalue weighted by molar-refractivity contribution is -0.168. The quantitative estimate of drug-likeness (QED) is 0.278. The second-order valence-electron chi connectivity index (χ2n) is 8.09. The molecule has 4 rings (SSSR count). The first-order chi connectivity index (χ1) is 17.3. The molecule has 4 aromatic rings. The monoisotopic (exact) mass is 497 g/mol. The Morgan fingerprint density at radius 3 is 2.36 bits per heavy atom. The number of nitrogens with one attached hydrogen (secondary N) is 1. The zero-order chi connectivity index (χ0) is 25.5. The molecule has 0 radical (unpaired) electrons. The van der Waals surface area contributed by atoms with Crippen molar-refractivity contribution in [2.75, 3.05) is 6.61 Å². The fourth-order valence-electron chi connectivity index (χ4n) is 3.54. The first kappa shape index (κ1) is 25.1. The predicted molar refractivity (Wildman–Crippen MR) is 127 cm³/mol. The van der Waals surface area contributed by atoms with Crippen LogP contribution in [0.15, 0.2) is 91.1 Å². The Morgan fingerprint density at radius 2 is 1.67 bits per heavy atom. The van der Waals surface area contributed by atoms with Gasteiger partial charge in [-0.3, -0.25) is 4.79 Å². The number of amides is 1. The van der Waals surface area contributed by atoms with E-state index in [9.17, 15) is 22.4 Å². The molecule has 0 aliphatic heterocycles. The van der Waals surface area contributed by atoms with E-state index in [1.165, 1.54) is 6.07 Å². The van der Waals surface area contributed by atoms with Crippen LogP contribution in [-0.4, -0.2) is 34.6 Å². The predicted octanol–water partition coefficient (Wildman–Crippen LogP) is 5.89. The standard InChI is InChI=1S/C27H23F4N3O2/c28-26(29)27(30,31)18-36-17-19-8-7-11-21(14-19)25(35)32-15-22-16-34(23-12-5-2-6-13-23)33-24(22)20-9-3-1-4-10-20/h1-14,16,26H,15,17-18H2,(H,32,35). The molecule has 9 heteroatoms. The average Bonchev–Trinajstić information content (AvgIpc) is 3.33. The summed E-state index contributed by atoms with van der Waals surface area (Å²) in [6, 6.07) is 25.3. The second-order valence-corrected chi connectivity index (χ2v) is 8.09. The number of halogens is 4. The molecule has 1 N–H and O–H groups in total. The fourth-order valence-corrected chi connectivity index (χ4v) is 3.54. The van der Waals surface area contributed by atoms with Crippen LogP contribution in [0.1, 0.15) is 21.5 Å². The lowest BCUT2D eigenvalue weighted by atomic mass is 10.1. The van der Waals surface area contributed by atoms with Gasteiger partial charge >= 0.3 is 12.3 Å². The Morgan fingerprint density at radius 1 is 0.972 bits per heavy atom. The molecule has 0 saturated carbocycles. The van der Waals surface area contributed by atoms with Gasteiger partial charge in [-0.1, -0.05) is 60.7 Å². The van der Waals surface area contributed by atoms with Gasteiger partial charge in [0, 0.05) is 29.4 Å². The number of ether oxygens (including phenoxy) is 1. The van der Waals surface area contributed by atoms with E-state index >= 15 is 0 Å². The Bertz CT molecular complexity index is 1290. The van der Waals surface area contributed by atoms with Gasteiger partial charge in [0.25, 0.3) is 5.91 Å². The van der Waals surface area contributed by atoms with Crippen molar-refractivity contribution in [1.29, 1.82) is 0 Å². The first-order valence-electron chi connectivity index (χ1n) is 11.1. The number of para-hydroxylation sites is 1. The van der Waals surface area contributed by atoms with Crippen LogP contribution in [0.3, 0.4) is 0 Å². The van der Waals surface area contributed by atoms with E-state index in [1.54, 1.807) is 22.9 Å².